The minimum Gasteiger partial charge on any atom is -0.377 e. The van der Waals surface area contributed by atoms with Gasteiger partial charge in [0, 0.05) is 12.6 Å². The smallest absolute Gasteiger partial charge is 0.0716 e. The van der Waals surface area contributed by atoms with E-state index < -0.39 is 0 Å². The van der Waals surface area contributed by atoms with Crippen molar-refractivity contribution in [1.29, 1.82) is 0 Å². The zero-order chi connectivity index (χ0) is 13.3. The molecule has 0 saturated heterocycles. The predicted octanol–water partition coefficient (Wildman–Crippen LogP) is 3.76. The standard InChI is InChI=1S/C17H27NO/c1-15-8-10-17(11-9-15)18-12-5-13-19-14-16-6-3-2-4-7-16/h2-4,6-7,15,17-18H,5,8-14H2,1H3/t15-,17-. The maximum absolute atomic E-state index is 5.69. The molecule has 1 aromatic carbocycles. The van der Waals surface area contributed by atoms with Gasteiger partial charge in [0.1, 0.15) is 0 Å². The molecule has 1 saturated carbocycles. The van der Waals surface area contributed by atoms with Crippen LogP contribution in [-0.2, 0) is 11.3 Å². The van der Waals surface area contributed by atoms with Crippen LogP contribution in [0.2, 0.25) is 0 Å². The quantitative estimate of drug-likeness (QED) is 0.755. The first kappa shape index (κ1) is 14.5. The minimum atomic E-state index is 0.738. The molecule has 0 amide bonds. The monoisotopic (exact) mass is 261 g/mol. The summed E-state index contributed by atoms with van der Waals surface area (Å²) in [5.41, 5.74) is 1.26. The molecule has 0 atom stereocenters. The molecule has 1 aliphatic carbocycles. The molecular formula is C17H27NO. The molecule has 0 bridgehead atoms. The Labute approximate surface area is 117 Å². The Morgan fingerprint density at radius 2 is 1.84 bits per heavy atom. The summed E-state index contributed by atoms with van der Waals surface area (Å²) in [6, 6.07) is 11.1. The van der Waals surface area contributed by atoms with Crippen LogP contribution in [0.4, 0.5) is 0 Å². The van der Waals surface area contributed by atoms with Crippen LogP contribution >= 0.6 is 0 Å². The van der Waals surface area contributed by atoms with Gasteiger partial charge >= 0.3 is 0 Å². The Morgan fingerprint density at radius 3 is 2.58 bits per heavy atom. The van der Waals surface area contributed by atoms with Crippen molar-refractivity contribution in [1.82, 2.24) is 5.32 Å². The van der Waals surface area contributed by atoms with Crippen LogP contribution in [0, 0.1) is 5.92 Å². The molecule has 0 unspecified atom stereocenters. The molecular weight excluding hydrogens is 234 g/mol. The lowest BCUT2D eigenvalue weighted by atomic mass is 9.87. The van der Waals surface area contributed by atoms with E-state index in [0.717, 1.165) is 38.1 Å². The molecule has 1 fully saturated rings. The number of nitrogens with one attached hydrogen (secondary N) is 1. The Hall–Kier alpha value is -0.860. The van der Waals surface area contributed by atoms with Crippen LogP contribution < -0.4 is 5.32 Å². The van der Waals surface area contributed by atoms with Crippen LogP contribution in [0.25, 0.3) is 0 Å². The molecule has 2 heteroatoms. The van der Waals surface area contributed by atoms with Gasteiger partial charge in [0.15, 0.2) is 0 Å². The molecule has 19 heavy (non-hydrogen) atoms. The zero-order valence-electron chi connectivity index (χ0n) is 12.1. The van der Waals surface area contributed by atoms with Gasteiger partial charge in [0.2, 0.25) is 0 Å². The summed E-state index contributed by atoms with van der Waals surface area (Å²) in [4.78, 5) is 0. The van der Waals surface area contributed by atoms with Crippen molar-refractivity contribution in [2.45, 2.75) is 51.7 Å². The normalized spacial score (nSPS) is 23.4. The van der Waals surface area contributed by atoms with Gasteiger partial charge in [-0.1, -0.05) is 37.3 Å². The van der Waals surface area contributed by atoms with Crippen LogP contribution in [0.15, 0.2) is 30.3 Å². The molecule has 0 aliphatic heterocycles. The van der Waals surface area contributed by atoms with Crippen molar-refractivity contribution in [2.75, 3.05) is 13.2 Å². The molecule has 2 nitrogen and oxygen atoms in total. The highest BCUT2D eigenvalue weighted by molar-refractivity contribution is 5.13. The van der Waals surface area contributed by atoms with Gasteiger partial charge in [-0.05, 0) is 50.1 Å². The summed E-state index contributed by atoms with van der Waals surface area (Å²) in [6.45, 7) is 5.05. The Balaban J connectivity index is 1.46. The van der Waals surface area contributed by atoms with Crippen LogP contribution in [0.3, 0.4) is 0 Å². The first-order valence-electron chi connectivity index (χ1n) is 7.69. The van der Waals surface area contributed by atoms with Gasteiger partial charge in [-0.25, -0.2) is 0 Å². The summed E-state index contributed by atoms with van der Waals surface area (Å²) in [7, 11) is 0. The molecule has 1 N–H and O–H groups in total. The van der Waals surface area contributed by atoms with Gasteiger partial charge in [-0.3, -0.25) is 0 Å². The van der Waals surface area contributed by atoms with Crippen molar-refractivity contribution in [3.63, 3.8) is 0 Å². The Morgan fingerprint density at radius 1 is 1.11 bits per heavy atom. The molecule has 1 aromatic rings. The Kier molecular flexibility index (Phi) is 6.38. The largest absolute Gasteiger partial charge is 0.377 e. The first-order chi connectivity index (χ1) is 9.34. The van der Waals surface area contributed by atoms with Gasteiger partial charge in [-0.2, -0.15) is 0 Å². The molecule has 0 radical (unpaired) electrons. The summed E-state index contributed by atoms with van der Waals surface area (Å²) in [5, 5.41) is 3.66. The molecule has 106 valence electrons. The summed E-state index contributed by atoms with van der Waals surface area (Å²) in [6.07, 6.45) is 6.60. The lowest BCUT2D eigenvalue weighted by Gasteiger charge is -2.27. The Bertz CT molecular complexity index is 330. The van der Waals surface area contributed by atoms with Crippen LogP contribution in [-0.4, -0.2) is 19.2 Å². The maximum Gasteiger partial charge on any atom is 0.0716 e. The van der Waals surface area contributed by atoms with Crippen molar-refractivity contribution >= 4 is 0 Å². The van der Waals surface area contributed by atoms with Gasteiger partial charge in [0.05, 0.1) is 6.61 Å². The summed E-state index contributed by atoms with van der Waals surface area (Å²) in [5.74, 6) is 0.937. The number of benzene rings is 1. The fourth-order valence-electron chi connectivity index (χ4n) is 2.71. The highest BCUT2D eigenvalue weighted by Crippen LogP contribution is 2.23. The van der Waals surface area contributed by atoms with Crippen molar-refractivity contribution in [3.8, 4) is 0 Å². The second kappa shape index (κ2) is 8.34. The number of ether oxygens (including phenoxy) is 1. The number of hydrogen-bond donors (Lipinski definition) is 1. The SMILES string of the molecule is C[C@H]1CC[C@H](NCCCOCc2ccccc2)CC1. The average molecular weight is 261 g/mol. The van der Waals surface area contributed by atoms with E-state index in [1.54, 1.807) is 0 Å². The van der Waals surface area contributed by atoms with E-state index in [0.29, 0.717) is 0 Å². The fraction of sp³-hybridized carbons (Fsp3) is 0.647. The van der Waals surface area contributed by atoms with E-state index >= 15 is 0 Å². The van der Waals surface area contributed by atoms with Crippen molar-refractivity contribution < 1.29 is 4.74 Å². The molecule has 0 heterocycles. The first-order valence-corrected chi connectivity index (χ1v) is 7.69. The number of rotatable bonds is 7. The van der Waals surface area contributed by atoms with Crippen molar-refractivity contribution in [2.24, 2.45) is 5.92 Å². The summed E-state index contributed by atoms with van der Waals surface area (Å²) < 4.78 is 5.69. The molecule has 2 rings (SSSR count). The van der Waals surface area contributed by atoms with Gasteiger partial charge < -0.3 is 10.1 Å². The van der Waals surface area contributed by atoms with Crippen molar-refractivity contribution in [3.05, 3.63) is 35.9 Å². The van der Waals surface area contributed by atoms with E-state index in [1.807, 2.05) is 6.07 Å². The third kappa shape index (κ3) is 5.75. The second-order valence-corrected chi connectivity index (χ2v) is 5.80. The lowest BCUT2D eigenvalue weighted by Crippen LogP contribution is -2.33. The average Bonchev–Trinajstić information content (AvgIpc) is 2.46. The molecule has 0 spiro atoms. The van der Waals surface area contributed by atoms with Crippen LogP contribution in [0.1, 0.15) is 44.6 Å². The molecule has 0 aromatic heterocycles. The van der Waals surface area contributed by atoms with E-state index in [1.165, 1.54) is 31.2 Å². The highest BCUT2D eigenvalue weighted by atomic mass is 16.5. The number of hydrogen-bond acceptors (Lipinski definition) is 2. The topological polar surface area (TPSA) is 21.3 Å². The fourth-order valence-corrected chi connectivity index (χ4v) is 2.71. The van der Waals surface area contributed by atoms with E-state index in [9.17, 15) is 0 Å². The van der Waals surface area contributed by atoms with Crippen LogP contribution in [0.5, 0.6) is 0 Å². The van der Waals surface area contributed by atoms with E-state index in [4.69, 9.17) is 4.74 Å². The van der Waals surface area contributed by atoms with E-state index in [2.05, 4.69) is 36.5 Å². The van der Waals surface area contributed by atoms with Gasteiger partial charge in [0.25, 0.3) is 0 Å². The third-order valence-electron chi connectivity index (χ3n) is 4.03. The lowest BCUT2D eigenvalue weighted by molar-refractivity contribution is 0.117. The third-order valence-corrected chi connectivity index (χ3v) is 4.03. The highest BCUT2D eigenvalue weighted by Gasteiger charge is 2.16. The minimum absolute atomic E-state index is 0.738. The maximum atomic E-state index is 5.69. The van der Waals surface area contributed by atoms with E-state index in [-0.39, 0.29) is 0 Å². The molecule has 1 aliphatic rings. The van der Waals surface area contributed by atoms with Gasteiger partial charge in [-0.15, -0.1) is 0 Å². The second-order valence-electron chi connectivity index (χ2n) is 5.80. The predicted molar refractivity (Wildman–Crippen MR) is 80.1 cm³/mol. The summed E-state index contributed by atoms with van der Waals surface area (Å²) >= 11 is 0. The zero-order valence-corrected chi connectivity index (χ0v) is 12.1.